The van der Waals surface area contributed by atoms with E-state index < -0.39 is 5.97 Å². The zero-order valence-corrected chi connectivity index (χ0v) is 17.1. The van der Waals surface area contributed by atoms with Gasteiger partial charge in [0.05, 0.1) is 23.9 Å². The Morgan fingerprint density at radius 3 is 2.59 bits per heavy atom. The van der Waals surface area contributed by atoms with Gasteiger partial charge in [-0.15, -0.1) is 0 Å². The van der Waals surface area contributed by atoms with Crippen LogP contribution in [0.3, 0.4) is 0 Å². The molecule has 7 heteroatoms. The molecule has 0 spiro atoms. The van der Waals surface area contributed by atoms with Gasteiger partial charge in [0.15, 0.2) is 0 Å². The van der Waals surface area contributed by atoms with E-state index in [2.05, 4.69) is 11.2 Å². The van der Waals surface area contributed by atoms with Gasteiger partial charge in [-0.05, 0) is 30.7 Å². The second-order valence-corrected chi connectivity index (χ2v) is 7.01. The predicted molar refractivity (Wildman–Crippen MR) is 113 cm³/mol. The highest BCUT2D eigenvalue weighted by atomic mass is 35.5. The van der Waals surface area contributed by atoms with E-state index in [0.29, 0.717) is 39.1 Å². The molecular formula is C22H17Cl2N3O2. The summed E-state index contributed by atoms with van der Waals surface area (Å²) in [5, 5.41) is 14.6. The Labute approximate surface area is 178 Å². The summed E-state index contributed by atoms with van der Waals surface area (Å²) in [4.78, 5) is 12.1. The van der Waals surface area contributed by atoms with Crippen molar-refractivity contribution in [1.29, 1.82) is 5.26 Å². The zero-order valence-electron chi connectivity index (χ0n) is 15.6. The summed E-state index contributed by atoms with van der Waals surface area (Å²) >= 11 is 12.6. The molecule has 0 aliphatic heterocycles. The van der Waals surface area contributed by atoms with E-state index in [1.54, 1.807) is 35.0 Å². The van der Waals surface area contributed by atoms with Gasteiger partial charge in [0.2, 0.25) is 0 Å². The molecule has 0 saturated carbocycles. The fraction of sp³-hybridized carbons (Fsp3) is 0.136. The number of carbonyl (C=O) groups is 1. The van der Waals surface area contributed by atoms with Gasteiger partial charge in [0, 0.05) is 22.2 Å². The summed E-state index contributed by atoms with van der Waals surface area (Å²) < 4.78 is 6.86. The van der Waals surface area contributed by atoms with Crippen molar-refractivity contribution in [3.63, 3.8) is 0 Å². The molecule has 0 amide bonds. The Bertz CT molecular complexity index is 1110. The van der Waals surface area contributed by atoms with Crippen molar-refractivity contribution in [3.8, 4) is 6.07 Å². The van der Waals surface area contributed by atoms with E-state index in [9.17, 15) is 4.79 Å². The van der Waals surface area contributed by atoms with E-state index >= 15 is 0 Å². The number of aromatic nitrogens is 2. The third-order valence-electron chi connectivity index (χ3n) is 4.28. The monoisotopic (exact) mass is 425 g/mol. The van der Waals surface area contributed by atoms with E-state index in [4.69, 9.17) is 33.2 Å². The Morgan fingerprint density at radius 1 is 1.17 bits per heavy atom. The van der Waals surface area contributed by atoms with E-state index in [-0.39, 0.29) is 6.61 Å². The molecular weight excluding hydrogens is 409 g/mol. The molecule has 146 valence electrons. The fourth-order valence-corrected chi connectivity index (χ4v) is 3.25. The van der Waals surface area contributed by atoms with Crippen LogP contribution in [0.1, 0.15) is 27.9 Å². The normalized spacial score (nSPS) is 10.8. The van der Waals surface area contributed by atoms with Crippen molar-refractivity contribution in [3.05, 3.63) is 92.7 Å². The second-order valence-electron chi connectivity index (χ2n) is 6.25. The van der Waals surface area contributed by atoms with Crippen LogP contribution in [0.15, 0.2) is 54.6 Å². The van der Waals surface area contributed by atoms with Crippen LogP contribution in [0.5, 0.6) is 0 Å². The van der Waals surface area contributed by atoms with Gasteiger partial charge in [0.1, 0.15) is 11.8 Å². The Hall–Kier alpha value is -3.07. The minimum atomic E-state index is -0.535. The molecule has 0 fully saturated rings. The molecule has 3 aromatic rings. The lowest BCUT2D eigenvalue weighted by Crippen LogP contribution is -2.03. The number of halogens is 2. The molecule has 29 heavy (non-hydrogen) atoms. The molecule has 0 aliphatic carbocycles. The highest BCUT2D eigenvalue weighted by molar-refractivity contribution is 6.32. The van der Waals surface area contributed by atoms with Crippen LogP contribution < -0.4 is 0 Å². The maximum Gasteiger partial charge on any atom is 0.331 e. The van der Waals surface area contributed by atoms with Crippen LogP contribution in [-0.2, 0) is 22.7 Å². The minimum absolute atomic E-state index is 0.0192. The number of hydrogen-bond donors (Lipinski definition) is 0. The molecule has 0 N–H and O–H groups in total. The first-order valence-electron chi connectivity index (χ1n) is 8.78. The van der Waals surface area contributed by atoms with Crippen molar-refractivity contribution in [1.82, 2.24) is 9.78 Å². The molecule has 0 aliphatic rings. The number of ether oxygens (including phenoxy) is 1. The minimum Gasteiger partial charge on any atom is -0.458 e. The van der Waals surface area contributed by atoms with Gasteiger partial charge >= 0.3 is 5.97 Å². The molecule has 0 atom stereocenters. The molecule has 0 bridgehead atoms. The van der Waals surface area contributed by atoms with Crippen molar-refractivity contribution < 1.29 is 9.53 Å². The number of rotatable bonds is 6. The number of hydrogen-bond acceptors (Lipinski definition) is 4. The van der Waals surface area contributed by atoms with Crippen molar-refractivity contribution >= 4 is 35.2 Å². The molecule has 0 radical (unpaired) electrons. The first kappa shape index (κ1) is 20.7. The number of aryl methyl sites for hydroxylation is 1. The van der Waals surface area contributed by atoms with Crippen molar-refractivity contribution in [2.24, 2.45) is 0 Å². The first-order chi connectivity index (χ1) is 14.0. The van der Waals surface area contributed by atoms with Gasteiger partial charge in [-0.3, -0.25) is 0 Å². The lowest BCUT2D eigenvalue weighted by molar-refractivity contribution is -0.138. The number of esters is 1. The maximum absolute atomic E-state index is 12.1. The topological polar surface area (TPSA) is 67.9 Å². The lowest BCUT2D eigenvalue weighted by atomic mass is 10.1. The third-order valence-corrected chi connectivity index (χ3v) is 5.05. The summed E-state index contributed by atoms with van der Waals surface area (Å²) in [6.45, 7) is 2.25. The molecule has 3 rings (SSSR count). The molecule has 1 heterocycles. The van der Waals surface area contributed by atoms with Crippen LogP contribution >= 0.6 is 23.2 Å². The van der Waals surface area contributed by atoms with Crippen molar-refractivity contribution in [2.45, 2.75) is 20.1 Å². The van der Waals surface area contributed by atoms with E-state index in [1.807, 2.05) is 31.2 Å². The van der Waals surface area contributed by atoms with Gasteiger partial charge in [-0.2, -0.15) is 10.4 Å². The summed E-state index contributed by atoms with van der Waals surface area (Å²) in [7, 11) is 0. The van der Waals surface area contributed by atoms with Crippen LogP contribution in [0.25, 0.3) is 6.08 Å². The van der Waals surface area contributed by atoms with E-state index in [0.717, 1.165) is 5.56 Å². The smallest absolute Gasteiger partial charge is 0.331 e. The van der Waals surface area contributed by atoms with Gasteiger partial charge in [-0.25, -0.2) is 9.48 Å². The Kier molecular flexibility index (Phi) is 6.71. The van der Waals surface area contributed by atoms with E-state index in [1.165, 1.54) is 6.08 Å². The highest BCUT2D eigenvalue weighted by Crippen LogP contribution is 2.24. The largest absolute Gasteiger partial charge is 0.458 e. The number of nitrogens with zero attached hydrogens (tertiary/aromatic N) is 3. The van der Waals surface area contributed by atoms with Crippen LogP contribution in [0.4, 0.5) is 0 Å². The molecule has 0 saturated heterocycles. The Balaban J connectivity index is 1.69. The van der Waals surface area contributed by atoms with Crippen molar-refractivity contribution in [2.75, 3.05) is 0 Å². The maximum atomic E-state index is 12.1. The van der Waals surface area contributed by atoms with Gasteiger partial charge in [0.25, 0.3) is 0 Å². The number of benzene rings is 2. The number of nitriles is 1. The molecule has 2 aromatic carbocycles. The van der Waals surface area contributed by atoms with Crippen LogP contribution in [-0.4, -0.2) is 15.7 Å². The summed E-state index contributed by atoms with van der Waals surface area (Å²) in [6.07, 6.45) is 2.87. The first-order valence-corrected chi connectivity index (χ1v) is 9.54. The molecule has 1 aromatic heterocycles. The fourth-order valence-electron chi connectivity index (χ4n) is 2.75. The quantitative estimate of drug-likeness (QED) is 0.403. The lowest BCUT2D eigenvalue weighted by Gasteiger charge is -2.05. The zero-order chi connectivity index (χ0) is 20.8. The SMILES string of the molecule is Cc1nn(Cc2ccccc2Cl)c(Cl)c1C=CC(=O)OCc1ccccc1C#N. The molecule has 5 nitrogen and oxygen atoms in total. The standard InChI is InChI=1S/C22H17Cl2N3O2/c1-15-19(22(24)27(26-15)13-17-7-4-5-9-20(17)23)10-11-21(28)29-14-18-8-3-2-6-16(18)12-25/h2-11H,13-14H2,1H3. The van der Waals surface area contributed by atoms with Gasteiger partial charge in [-0.1, -0.05) is 59.6 Å². The summed E-state index contributed by atoms with van der Waals surface area (Å²) in [6, 6.07) is 16.5. The number of carbonyl (C=O) groups excluding carboxylic acids is 1. The molecule has 0 unspecified atom stereocenters. The highest BCUT2D eigenvalue weighted by Gasteiger charge is 2.13. The van der Waals surface area contributed by atoms with Crippen LogP contribution in [0, 0.1) is 18.3 Å². The third kappa shape index (κ3) is 5.05. The summed E-state index contributed by atoms with van der Waals surface area (Å²) in [5.41, 5.74) is 3.33. The van der Waals surface area contributed by atoms with Gasteiger partial charge < -0.3 is 4.74 Å². The Morgan fingerprint density at radius 2 is 1.86 bits per heavy atom. The average Bonchev–Trinajstić information content (AvgIpc) is 2.99. The van der Waals surface area contributed by atoms with Crippen LogP contribution in [0.2, 0.25) is 10.2 Å². The summed E-state index contributed by atoms with van der Waals surface area (Å²) in [5.74, 6) is -0.535. The average molecular weight is 426 g/mol. The second kappa shape index (κ2) is 9.42. The predicted octanol–water partition coefficient (Wildman–Crippen LogP) is 5.17.